The van der Waals surface area contributed by atoms with Gasteiger partial charge in [-0.2, -0.15) is 13.9 Å². The van der Waals surface area contributed by atoms with Crippen molar-refractivity contribution < 1.29 is 22.3 Å². The van der Waals surface area contributed by atoms with Crippen molar-refractivity contribution in [2.75, 3.05) is 0 Å². The number of rotatable bonds is 3. The van der Waals surface area contributed by atoms with E-state index in [4.69, 9.17) is 0 Å². The SMILES string of the molecule is NC(=O)NOS(=O)(=O)C=O. The normalized spacial score (nSPS) is 10.4. The fourth-order valence-corrected chi connectivity index (χ4v) is 0.356. The zero-order valence-corrected chi connectivity index (χ0v) is 5.42. The molecule has 0 saturated heterocycles. The van der Waals surface area contributed by atoms with E-state index < -0.39 is 21.8 Å². The zero-order chi connectivity index (χ0) is 8.20. The number of nitrogens with two attached hydrogens (primary N) is 1. The minimum Gasteiger partial charge on any atom is -0.350 e. The quantitative estimate of drug-likeness (QED) is 0.377. The maximum absolute atomic E-state index is 10.0. The van der Waals surface area contributed by atoms with E-state index >= 15 is 0 Å². The van der Waals surface area contributed by atoms with Gasteiger partial charge in [0.2, 0.25) is 0 Å². The first-order chi connectivity index (χ1) is 4.48. The molecule has 58 valence electrons. The van der Waals surface area contributed by atoms with Crippen LogP contribution in [0.3, 0.4) is 0 Å². The van der Waals surface area contributed by atoms with E-state index in [1.165, 1.54) is 5.48 Å². The van der Waals surface area contributed by atoms with E-state index in [-0.39, 0.29) is 0 Å². The Labute approximate surface area is 56.2 Å². The van der Waals surface area contributed by atoms with Crippen molar-refractivity contribution in [3.05, 3.63) is 0 Å². The molecule has 7 nitrogen and oxygen atoms in total. The highest BCUT2D eigenvalue weighted by molar-refractivity contribution is 8.00. The molecule has 0 fully saturated rings. The zero-order valence-electron chi connectivity index (χ0n) is 4.60. The molecule has 0 bridgehead atoms. The van der Waals surface area contributed by atoms with Crippen LogP contribution in [0.15, 0.2) is 0 Å². The summed E-state index contributed by atoms with van der Waals surface area (Å²) in [4.78, 5) is 19.3. The van der Waals surface area contributed by atoms with Gasteiger partial charge in [0.25, 0.3) is 5.62 Å². The Morgan fingerprint density at radius 3 is 2.40 bits per heavy atom. The number of urea groups is 1. The molecule has 0 unspecified atom stereocenters. The summed E-state index contributed by atoms with van der Waals surface area (Å²) in [6.07, 6.45) is 0. The molecule has 0 saturated carbocycles. The molecule has 0 rings (SSSR count). The Hall–Kier alpha value is -1.15. The van der Waals surface area contributed by atoms with Crippen molar-refractivity contribution in [2.24, 2.45) is 5.73 Å². The lowest BCUT2D eigenvalue weighted by molar-refractivity contribution is 0.192. The van der Waals surface area contributed by atoms with Crippen molar-refractivity contribution in [3.8, 4) is 0 Å². The van der Waals surface area contributed by atoms with Gasteiger partial charge in [0.05, 0.1) is 0 Å². The Balaban J connectivity index is 3.93. The van der Waals surface area contributed by atoms with Crippen LogP contribution in [0.4, 0.5) is 4.79 Å². The van der Waals surface area contributed by atoms with Gasteiger partial charge in [-0.25, -0.2) is 4.79 Å². The molecule has 0 aromatic rings. The first-order valence-electron chi connectivity index (χ1n) is 1.92. The first kappa shape index (κ1) is 8.85. The Kier molecular flexibility index (Phi) is 2.77. The lowest BCUT2D eigenvalue weighted by atomic mass is 11.2. The minimum absolute atomic E-state index is 0.469. The molecule has 0 aliphatic carbocycles. The highest BCUT2D eigenvalue weighted by Crippen LogP contribution is 1.80. The van der Waals surface area contributed by atoms with Crippen LogP contribution in [-0.4, -0.2) is 20.1 Å². The molecule has 0 radical (unpaired) electrons. The number of primary amides is 1. The molecule has 10 heavy (non-hydrogen) atoms. The van der Waals surface area contributed by atoms with Gasteiger partial charge in [0.15, 0.2) is 0 Å². The van der Waals surface area contributed by atoms with Crippen LogP contribution in [0.1, 0.15) is 0 Å². The van der Waals surface area contributed by atoms with Gasteiger partial charge in [-0.1, -0.05) is 0 Å². The van der Waals surface area contributed by atoms with Gasteiger partial charge in [0.1, 0.15) is 0 Å². The number of carbonyl (C=O) groups excluding carboxylic acids is 2. The molecule has 0 aromatic heterocycles. The van der Waals surface area contributed by atoms with Crippen LogP contribution < -0.4 is 11.2 Å². The molecule has 0 aliphatic heterocycles. The number of hydrogen-bond donors (Lipinski definition) is 2. The van der Waals surface area contributed by atoms with Gasteiger partial charge in [0, 0.05) is 0 Å². The smallest absolute Gasteiger partial charge is 0.348 e. The second-order valence-electron chi connectivity index (χ2n) is 1.14. The summed E-state index contributed by atoms with van der Waals surface area (Å²) < 4.78 is 23.6. The lowest BCUT2D eigenvalue weighted by Crippen LogP contribution is -2.32. The summed E-state index contributed by atoms with van der Waals surface area (Å²) in [5.41, 5.74) is 5.19. The van der Waals surface area contributed by atoms with E-state index in [0.717, 1.165) is 0 Å². The highest BCUT2D eigenvalue weighted by Gasteiger charge is 2.08. The average Bonchev–Trinajstić information content (AvgIpc) is 1.85. The number of hydroxylamine groups is 1. The van der Waals surface area contributed by atoms with E-state index in [1.807, 2.05) is 0 Å². The standard InChI is InChI=1S/C2H4N2O5S/c3-2(6)4-9-10(7,8)1-5/h1H,(H3,3,4,6). The highest BCUT2D eigenvalue weighted by atomic mass is 32.2. The van der Waals surface area contributed by atoms with Gasteiger partial charge >= 0.3 is 16.1 Å². The molecule has 8 heteroatoms. The third-order valence-electron chi connectivity index (χ3n) is 0.376. The third-order valence-corrected chi connectivity index (χ3v) is 0.928. The molecular formula is C2H4N2O5S. The van der Waals surface area contributed by atoms with Gasteiger partial charge < -0.3 is 5.73 Å². The van der Waals surface area contributed by atoms with E-state index in [2.05, 4.69) is 10.0 Å². The Morgan fingerprint density at radius 1 is 1.60 bits per heavy atom. The van der Waals surface area contributed by atoms with Crippen molar-refractivity contribution in [3.63, 3.8) is 0 Å². The summed E-state index contributed by atoms with van der Waals surface area (Å²) in [5, 5.41) is 0. The van der Waals surface area contributed by atoms with Crippen LogP contribution in [0.5, 0.6) is 0 Å². The van der Waals surface area contributed by atoms with E-state index in [9.17, 15) is 18.0 Å². The summed E-state index contributed by atoms with van der Waals surface area (Å²) in [6, 6.07) is -1.20. The molecule has 0 aliphatic rings. The third kappa shape index (κ3) is 3.80. The number of amides is 2. The Morgan fingerprint density at radius 2 is 2.10 bits per heavy atom. The predicted octanol–water partition coefficient (Wildman–Crippen LogP) is -1.89. The van der Waals surface area contributed by atoms with Gasteiger partial charge in [-0.15, -0.1) is 4.28 Å². The van der Waals surface area contributed by atoms with Crippen LogP contribution in [0, 0.1) is 0 Å². The molecule has 3 N–H and O–H groups in total. The topological polar surface area (TPSA) is 116 Å². The summed E-state index contributed by atoms with van der Waals surface area (Å²) in [6.45, 7) is 0. The average molecular weight is 168 g/mol. The number of carbonyl (C=O) groups is 2. The van der Waals surface area contributed by atoms with Crippen molar-refractivity contribution in [1.29, 1.82) is 0 Å². The predicted molar refractivity (Wildman–Crippen MR) is 29.5 cm³/mol. The molecule has 0 atom stereocenters. The molecule has 0 spiro atoms. The summed E-state index contributed by atoms with van der Waals surface area (Å²) in [5.74, 6) is 0. The van der Waals surface area contributed by atoms with Crippen LogP contribution >= 0.6 is 0 Å². The second-order valence-corrected chi connectivity index (χ2v) is 2.48. The van der Waals surface area contributed by atoms with Crippen molar-refractivity contribution >= 4 is 21.8 Å². The monoisotopic (exact) mass is 168 g/mol. The summed E-state index contributed by atoms with van der Waals surface area (Å²) >= 11 is 0. The minimum atomic E-state index is -4.31. The van der Waals surface area contributed by atoms with Gasteiger partial charge in [-0.05, 0) is 0 Å². The van der Waals surface area contributed by atoms with Crippen molar-refractivity contribution in [1.82, 2.24) is 5.48 Å². The molecule has 0 heterocycles. The first-order valence-corrected chi connectivity index (χ1v) is 3.39. The summed E-state index contributed by atoms with van der Waals surface area (Å²) in [7, 11) is -4.31. The second kappa shape index (κ2) is 3.13. The lowest BCUT2D eigenvalue weighted by Gasteiger charge is -1.95. The van der Waals surface area contributed by atoms with E-state index in [0.29, 0.717) is 0 Å². The Bertz CT molecular complexity index is 230. The number of nitrogens with one attached hydrogen (secondary N) is 1. The maximum Gasteiger partial charge on any atom is 0.348 e. The fraction of sp³-hybridized carbons (Fsp3) is 0. The number of hydrogen-bond acceptors (Lipinski definition) is 5. The molecular weight excluding hydrogens is 164 g/mol. The van der Waals surface area contributed by atoms with Gasteiger partial charge in [-0.3, -0.25) is 4.79 Å². The maximum atomic E-state index is 10.0. The van der Waals surface area contributed by atoms with E-state index in [1.54, 1.807) is 0 Å². The fourth-order valence-electron chi connectivity index (χ4n) is 0.119. The molecule has 0 aromatic carbocycles. The molecule has 2 amide bonds. The largest absolute Gasteiger partial charge is 0.350 e. The van der Waals surface area contributed by atoms with Crippen LogP contribution in [0.25, 0.3) is 0 Å². The van der Waals surface area contributed by atoms with Crippen LogP contribution in [0.2, 0.25) is 0 Å². The van der Waals surface area contributed by atoms with Crippen molar-refractivity contribution in [2.45, 2.75) is 0 Å². The van der Waals surface area contributed by atoms with Crippen LogP contribution in [-0.2, 0) is 19.2 Å².